The summed E-state index contributed by atoms with van der Waals surface area (Å²) in [5.41, 5.74) is 5.05. The van der Waals surface area contributed by atoms with Crippen molar-refractivity contribution in [2.45, 2.75) is 0 Å². The summed E-state index contributed by atoms with van der Waals surface area (Å²) in [6.07, 6.45) is 0. The molecule has 13 heavy (non-hydrogen) atoms. The van der Waals surface area contributed by atoms with Crippen molar-refractivity contribution < 1.29 is 9.18 Å². The van der Waals surface area contributed by atoms with Gasteiger partial charge in [-0.15, -0.1) is 0 Å². The third-order valence-corrected chi connectivity index (χ3v) is 2.35. The Morgan fingerprint density at radius 1 is 1.62 bits per heavy atom. The van der Waals surface area contributed by atoms with Gasteiger partial charge in [0.15, 0.2) is 11.6 Å². The molecule has 0 fully saturated rings. The van der Waals surface area contributed by atoms with Crippen LogP contribution in [-0.4, -0.2) is 11.1 Å². The number of benzene rings is 1. The molecule has 0 unspecified atom stereocenters. The van der Waals surface area contributed by atoms with Gasteiger partial charge in [0.25, 0.3) is 0 Å². The minimum absolute atomic E-state index is 0.0209. The zero-order valence-corrected chi connectivity index (χ0v) is 8.82. The average Bonchev–Trinajstić information content (AvgIpc) is 2.12. The second kappa shape index (κ2) is 4.07. The molecule has 0 aromatic heterocycles. The molecule has 2 nitrogen and oxygen atoms in total. The van der Waals surface area contributed by atoms with Gasteiger partial charge in [-0.05, 0) is 12.1 Å². The molecule has 1 rings (SSSR count). The first-order chi connectivity index (χ1) is 6.07. The molecule has 0 spiro atoms. The van der Waals surface area contributed by atoms with Gasteiger partial charge >= 0.3 is 0 Å². The molecule has 0 bridgehead atoms. The van der Waals surface area contributed by atoms with Crippen molar-refractivity contribution in [3.63, 3.8) is 0 Å². The molecular weight excluding hydrogens is 260 g/mol. The summed E-state index contributed by atoms with van der Waals surface area (Å²) in [5, 5.41) is 0.101. The molecule has 0 amide bonds. The normalized spacial score (nSPS) is 10.1. The third-order valence-electron chi connectivity index (χ3n) is 1.52. The molecule has 70 valence electrons. The van der Waals surface area contributed by atoms with Crippen LogP contribution >= 0.6 is 27.5 Å². The fourth-order valence-electron chi connectivity index (χ4n) is 0.891. The molecule has 1 aromatic rings. The van der Waals surface area contributed by atoms with Gasteiger partial charge in [-0.25, -0.2) is 4.39 Å². The van der Waals surface area contributed by atoms with Crippen LogP contribution in [0.2, 0.25) is 5.02 Å². The number of anilines is 1. The predicted octanol–water partition coefficient (Wildman–Crippen LogP) is 2.64. The Morgan fingerprint density at radius 3 is 2.77 bits per heavy atom. The molecular formula is C8H6BrClFNO. The quantitative estimate of drug-likeness (QED) is 0.508. The van der Waals surface area contributed by atoms with E-state index in [-0.39, 0.29) is 21.6 Å². The second-order valence-corrected chi connectivity index (χ2v) is 3.35. The summed E-state index contributed by atoms with van der Waals surface area (Å²) >= 11 is 8.57. The van der Waals surface area contributed by atoms with Gasteiger partial charge < -0.3 is 5.73 Å². The maximum atomic E-state index is 13.2. The number of halogens is 3. The summed E-state index contributed by atoms with van der Waals surface area (Å²) in [5.74, 6) is -1.17. The largest absolute Gasteiger partial charge is 0.396 e. The van der Waals surface area contributed by atoms with Crippen molar-refractivity contribution in [2.24, 2.45) is 0 Å². The summed E-state index contributed by atoms with van der Waals surface area (Å²) in [6, 6.07) is 2.72. The van der Waals surface area contributed by atoms with E-state index in [0.29, 0.717) is 0 Å². The van der Waals surface area contributed by atoms with Crippen molar-refractivity contribution in [3.8, 4) is 0 Å². The van der Waals surface area contributed by atoms with Gasteiger partial charge in [-0.1, -0.05) is 27.5 Å². The predicted molar refractivity (Wildman–Crippen MR) is 53.9 cm³/mol. The number of hydrogen-bond donors (Lipinski definition) is 1. The van der Waals surface area contributed by atoms with Crippen LogP contribution in [0.5, 0.6) is 0 Å². The topological polar surface area (TPSA) is 43.1 Å². The molecule has 0 atom stereocenters. The lowest BCUT2D eigenvalue weighted by Crippen LogP contribution is -2.06. The first-order valence-electron chi connectivity index (χ1n) is 3.40. The molecule has 1 aromatic carbocycles. The summed E-state index contributed by atoms with van der Waals surface area (Å²) in [4.78, 5) is 11.2. The Kier molecular flexibility index (Phi) is 3.27. The fourth-order valence-corrected chi connectivity index (χ4v) is 1.42. The van der Waals surface area contributed by atoms with Gasteiger partial charge in [0.05, 0.1) is 21.6 Å². The Labute approximate surface area is 88.0 Å². The number of Topliss-reactive ketones (excluding diaryl/α,β-unsaturated/α-hetero) is 1. The lowest BCUT2D eigenvalue weighted by Gasteiger charge is -2.04. The number of carbonyl (C=O) groups excluding carboxylic acids is 1. The van der Waals surface area contributed by atoms with E-state index in [4.69, 9.17) is 17.3 Å². The smallest absolute Gasteiger partial charge is 0.177 e. The average molecular weight is 266 g/mol. The van der Waals surface area contributed by atoms with E-state index >= 15 is 0 Å². The maximum absolute atomic E-state index is 13.2. The van der Waals surface area contributed by atoms with E-state index in [1.54, 1.807) is 0 Å². The van der Waals surface area contributed by atoms with Crippen LogP contribution in [0.15, 0.2) is 12.1 Å². The molecule has 0 aliphatic carbocycles. The second-order valence-electron chi connectivity index (χ2n) is 2.38. The van der Waals surface area contributed by atoms with Crippen LogP contribution in [0.4, 0.5) is 10.1 Å². The molecule has 5 heteroatoms. The van der Waals surface area contributed by atoms with Gasteiger partial charge in [-0.3, -0.25) is 4.79 Å². The molecule has 0 saturated carbocycles. The van der Waals surface area contributed by atoms with E-state index < -0.39 is 11.6 Å². The highest BCUT2D eigenvalue weighted by molar-refractivity contribution is 9.09. The van der Waals surface area contributed by atoms with Gasteiger partial charge in [0.2, 0.25) is 0 Å². The van der Waals surface area contributed by atoms with Gasteiger partial charge in [0.1, 0.15) is 0 Å². The van der Waals surface area contributed by atoms with Crippen molar-refractivity contribution >= 4 is 39.0 Å². The summed E-state index contributed by atoms with van der Waals surface area (Å²) in [7, 11) is 0. The first kappa shape index (κ1) is 10.5. The molecule has 0 heterocycles. The minimum atomic E-state index is -0.753. The van der Waals surface area contributed by atoms with Crippen LogP contribution in [0.3, 0.4) is 0 Å². The zero-order valence-electron chi connectivity index (χ0n) is 6.48. The monoisotopic (exact) mass is 265 g/mol. The number of hydrogen-bond acceptors (Lipinski definition) is 2. The third kappa shape index (κ3) is 2.00. The lowest BCUT2D eigenvalue weighted by atomic mass is 10.1. The molecule has 0 aliphatic heterocycles. The van der Waals surface area contributed by atoms with Crippen molar-refractivity contribution in [1.29, 1.82) is 0 Å². The highest BCUT2D eigenvalue weighted by Crippen LogP contribution is 2.24. The van der Waals surface area contributed by atoms with E-state index in [1.165, 1.54) is 12.1 Å². The van der Waals surface area contributed by atoms with Gasteiger partial charge in [-0.2, -0.15) is 0 Å². The number of rotatable bonds is 2. The van der Waals surface area contributed by atoms with E-state index in [9.17, 15) is 9.18 Å². The van der Waals surface area contributed by atoms with Crippen LogP contribution in [0.25, 0.3) is 0 Å². The Morgan fingerprint density at radius 2 is 2.23 bits per heavy atom. The van der Waals surface area contributed by atoms with E-state index in [2.05, 4.69) is 15.9 Å². The van der Waals surface area contributed by atoms with Crippen LogP contribution in [0.1, 0.15) is 10.4 Å². The highest BCUT2D eigenvalue weighted by Gasteiger charge is 2.16. The van der Waals surface area contributed by atoms with E-state index in [0.717, 1.165) is 0 Å². The number of carbonyl (C=O) groups is 1. The Bertz CT molecular complexity index is 356. The number of nitrogens with two attached hydrogens (primary N) is 1. The first-order valence-corrected chi connectivity index (χ1v) is 4.90. The van der Waals surface area contributed by atoms with Crippen molar-refractivity contribution in [2.75, 3.05) is 11.1 Å². The number of ketones is 1. The molecule has 0 saturated heterocycles. The molecule has 2 N–H and O–H groups in total. The fraction of sp³-hybridized carbons (Fsp3) is 0.125. The molecule has 0 aliphatic rings. The highest BCUT2D eigenvalue weighted by atomic mass is 79.9. The van der Waals surface area contributed by atoms with Crippen molar-refractivity contribution in [1.82, 2.24) is 0 Å². The number of alkyl halides is 1. The van der Waals surface area contributed by atoms with Crippen LogP contribution in [0, 0.1) is 5.82 Å². The van der Waals surface area contributed by atoms with Crippen LogP contribution < -0.4 is 5.73 Å². The van der Waals surface area contributed by atoms with Crippen LogP contribution in [-0.2, 0) is 0 Å². The summed E-state index contributed by atoms with van der Waals surface area (Å²) in [6.45, 7) is 0. The standard InChI is InChI=1S/C8H6BrClFNO/c9-3-6(13)7-4(10)1-2-5(12)8(7)11/h1-2H,3,12H2. The SMILES string of the molecule is Nc1ccc(Cl)c(C(=O)CBr)c1F. The molecule has 0 radical (unpaired) electrons. The Hall–Kier alpha value is -0.610. The zero-order chi connectivity index (χ0) is 10.0. The summed E-state index contributed by atoms with van der Waals surface area (Å²) < 4.78 is 13.2. The van der Waals surface area contributed by atoms with Gasteiger partial charge in [0, 0.05) is 0 Å². The lowest BCUT2D eigenvalue weighted by molar-refractivity contribution is 0.102. The maximum Gasteiger partial charge on any atom is 0.177 e. The van der Waals surface area contributed by atoms with Crippen molar-refractivity contribution in [3.05, 3.63) is 28.5 Å². The van der Waals surface area contributed by atoms with E-state index in [1.807, 2.05) is 0 Å². The minimum Gasteiger partial charge on any atom is -0.396 e. The number of nitrogen functional groups attached to an aromatic ring is 1. The Balaban J connectivity index is 3.33.